The summed E-state index contributed by atoms with van der Waals surface area (Å²) >= 11 is 0. The number of aromatic nitrogens is 2. The molecule has 2 aromatic carbocycles. The van der Waals surface area contributed by atoms with E-state index in [0.29, 0.717) is 17.9 Å². The lowest BCUT2D eigenvalue weighted by Crippen LogP contribution is -2.19. The molecule has 32 heavy (non-hydrogen) atoms. The van der Waals surface area contributed by atoms with Crippen LogP contribution in [-0.4, -0.2) is 28.4 Å². The van der Waals surface area contributed by atoms with Crippen molar-refractivity contribution in [3.8, 4) is 5.75 Å². The maximum atomic E-state index is 12.8. The number of imidazole rings is 1. The van der Waals surface area contributed by atoms with E-state index >= 15 is 0 Å². The van der Waals surface area contributed by atoms with Gasteiger partial charge in [-0.1, -0.05) is 12.1 Å². The quantitative estimate of drug-likeness (QED) is 0.467. The molecule has 162 valence electrons. The van der Waals surface area contributed by atoms with Crippen molar-refractivity contribution >= 4 is 22.9 Å². The largest absolute Gasteiger partial charge is 0.487 e. The summed E-state index contributed by atoms with van der Waals surface area (Å²) in [6.07, 6.45) is 6.39. The van der Waals surface area contributed by atoms with Crippen LogP contribution in [-0.2, 0) is 6.61 Å². The lowest BCUT2D eigenvalue weighted by Gasteiger charge is -2.20. The zero-order chi connectivity index (χ0) is 21.9. The van der Waals surface area contributed by atoms with Crippen molar-refractivity contribution < 1.29 is 9.53 Å². The number of aryl methyl sites for hydroxylation is 1. The van der Waals surface area contributed by atoms with Crippen molar-refractivity contribution in [2.24, 2.45) is 0 Å². The predicted octanol–water partition coefficient (Wildman–Crippen LogP) is 5.07. The van der Waals surface area contributed by atoms with Gasteiger partial charge in [0.25, 0.3) is 5.91 Å². The van der Waals surface area contributed by atoms with Crippen LogP contribution in [0.2, 0.25) is 0 Å². The van der Waals surface area contributed by atoms with Crippen LogP contribution in [0.4, 0.5) is 11.4 Å². The minimum atomic E-state index is -0.156. The van der Waals surface area contributed by atoms with E-state index in [4.69, 9.17) is 4.74 Å². The molecule has 1 aliphatic rings. The molecular formula is C26H26N4O2. The van der Waals surface area contributed by atoms with Gasteiger partial charge in [-0.15, -0.1) is 0 Å². The lowest BCUT2D eigenvalue weighted by molar-refractivity contribution is 0.102. The Balaban J connectivity index is 1.24. The third-order valence-electron chi connectivity index (χ3n) is 5.80. The van der Waals surface area contributed by atoms with Crippen LogP contribution in [0, 0.1) is 6.92 Å². The zero-order valence-corrected chi connectivity index (χ0v) is 18.1. The molecule has 2 aromatic heterocycles. The maximum Gasteiger partial charge on any atom is 0.255 e. The molecule has 4 aromatic rings. The number of hydrogen-bond donors (Lipinski definition) is 1. The van der Waals surface area contributed by atoms with Crippen molar-refractivity contribution in [1.29, 1.82) is 0 Å². The molecule has 1 N–H and O–H groups in total. The van der Waals surface area contributed by atoms with Crippen LogP contribution >= 0.6 is 0 Å². The molecule has 0 radical (unpaired) electrons. The first-order chi connectivity index (χ1) is 15.7. The monoisotopic (exact) mass is 426 g/mol. The van der Waals surface area contributed by atoms with E-state index in [2.05, 4.69) is 28.2 Å². The Labute approximate surface area is 187 Å². The van der Waals surface area contributed by atoms with E-state index in [1.54, 1.807) is 12.1 Å². The first-order valence-electron chi connectivity index (χ1n) is 11.0. The van der Waals surface area contributed by atoms with Gasteiger partial charge in [-0.05, 0) is 73.9 Å². The van der Waals surface area contributed by atoms with Crippen LogP contribution in [0.25, 0.3) is 5.65 Å². The molecule has 6 heteroatoms. The fourth-order valence-corrected chi connectivity index (χ4v) is 4.19. The summed E-state index contributed by atoms with van der Waals surface area (Å²) in [6, 6.07) is 19.2. The van der Waals surface area contributed by atoms with Gasteiger partial charge in [-0.25, -0.2) is 4.98 Å². The van der Waals surface area contributed by atoms with Crippen LogP contribution in [0.15, 0.2) is 73.1 Å². The highest BCUT2D eigenvalue weighted by molar-refractivity contribution is 6.04. The van der Waals surface area contributed by atoms with Gasteiger partial charge in [0.2, 0.25) is 0 Å². The number of rotatable bonds is 6. The van der Waals surface area contributed by atoms with Crippen molar-refractivity contribution in [1.82, 2.24) is 9.38 Å². The Kier molecular flexibility index (Phi) is 5.50. The standard InChI is InChI=1S/C26H26N4O2/c1-19-15-21(10-11-24(19)29-12-4-5-13-29)28-26(31)20-7-6-8-23(16-20)32-18-22-17-30-14-3-2-9-25(30)27-22/h2-3,6-11,14-17H,4-5,12-13,18H2,1H3,(H,28,31). The smallest absolute Gasteiger partial charge is 0.255 e. The molecule has 5 rings (SSSR count). The number of ether oxygens (including phenoxy) is 1. The van der Waals surface area contributed by atoms with Gasteiger partial charge in [0.05, 0.1) is 5.69 Å². The Morgan fingerprint density at radius 2 is 1.94 bits per heavy atom. The number of nitrogens with zero attached hydrogens (tertiary/aromatic N) is 3. The third-order valence-corrected chi connectivity index (χ3v) is 5.80. The van der Waals surface area contributed by atoms with Crippen LogP contribution < -0.4 is 15.0 Å². The molecule has 0 spiro atoms. The number of anilines is 2. The van der Waals surface area contributed by atoms with Gasteiger partial charge in [-0.2, -0.15) is 0 Å². The Morgan fingerprint density at radius 3 is 2.75 bits per heavy atom. The minimum Gasteiger partial charge on any atom is -0.487 e. The Hall–Kier alpha value is -3.80. The van der Waals surface area contributed by atoms with E-state index in [0.717, 1.165) is 30.1 Å². The molecule has 0 saturated carbocycles. The number of amides is 1. The van der Waals surface area contributed by atoms with E-state index in [-0.39, 0.29) is 5.91 Å². The summed E-state index contributed by atoms with van der Waals surface area (Å²) in [5.41, 5.74) is 5.49. The van der Waals surface area contributed by atoms with Crippen LogP contribution in [0.5, 0.6) is 5.75 Å². The first-order valence-corrected chi connectivity index (χ1v) is 11.0. The molecule has 0 atom stereocenters. The van der Waals surface area contributed by atoms with Gasteiger partial charge >= 0.3 is 0 Å². The average Bonchev–Trinajstić information content (AvgIpc) is 3.48. The average molecular weight is 427 g/mol. The van der Waals surface area contributed by atoms with E-state index in [1.807, 2.05) is 59.3 Å². The molecule has 1 aliphatic heterocycles. The first kappa shape index (κ1) is 20.1. The second-order valence-electron chi connectivity index (χ2n) is 8.16. The van der Waals surface area contributed by atoms with Crippen LogP contribution in [0.3, 0.4) is 0 Å². The summed E-state index contributed by atoms with van der Waals surface area (Å²) in [7, 11) is 0. The summed E-state index contributed by atoms with van der Waals surface area (Å²) in [6.45, 7) is 4.64. The van der Waals surface area contributed by atoms with Gasteiger partial charge < -0.3 is 19.4 Å². The molecule has 3 heterocycles. The summed E-state index contributed by atoms with van der Waals surface area (Å²) in [5, 5.41) is 3.01. The summed E-state index contributed by atoms with van der Waals surface area (Å²) < 4.78 is 7.85. The van der Waals surface area contributed by atoms with Gasteiger partial charge in [0.1, 0.15) is 18.0 Å². The third kappa shape index (κ3) is 4.30. The number of carbonyl (C=O) groups excluding carboxylic acids is 1. The number of hydrogen-bond acceptors (Lipinski definition) is 4. The van der Waals surface area contributed by atoms with Crippen molar-refractivity contribution in [3.63, 3.8) is 0 Å². The second-order valence-corrected chi connectivity index (χ2v) is 8.16. The highest BCUT2D eigenvalue weighted by Gasteiger charge is 2.15. The lowest BCUT2D eigenvalue weighted by atomic mass is 10.1. The molecule has 1 saturated heterocycles. The maximum absolute atomic E-state index is 12.8. The number of benzene rings is 2. The molecule has 0 bridgehead atoms. The fourth-order valence-electron chi connectivity index (χ4n) is 4.19. The van der Waals surface area contributed by atoms with Gasteiger partial charge in [-0.3, -0.25) is 4.79 Å². The topological polar surface area (TPSA) is 58.9 Å². The summed E-state index contributed by atoms with van der Waals surface area (Å²) in [4.78, 5) is 19.8. The molecule has 6 nitrogen and oxygen atoms in total. The molecule has 0 aliphatic carbocycles. The van der Waals surface area contributed by atoms with E-state index in [1.165, 1.54) is 24.1 Å². The Morgan fingerprint density at radius 1 is 1.06 bits per heavy atom. The minimum absolute atomic E-state index is 0.156. The van der Waals surface area contributed by atoms with E-state index < -0.39 is 0 Å². The number of carbonyl (C=O) groups is 1. The molecule has 1 amide bonds. The molecular weight excluding hydrogens is 400 g/mol. The van der Waals surface area contributed by atoms with Crippen molar-refractivity contribution in [3.05, 3.63) is 89.9 Å². The molecule has 1 fully saturated rings. The normalized spacial score (nSPS) is 13.5. The van der Waals surface area contributed by atoms with Gasteiger partial charge in [0, 0.05) is 42.4 Å². The fraction of sp³-hybridized carbons (Fsp3) is 0.231. The SMILES string of the molecule is Cc1cc(NC(=O)c2cccc(OCc3cn4ccccc4n3)c2)ccc1N1CCCC1. The Bertz CT molecular complexity index is 1220. The van der Waals surface area contributed by atoms with Gasteiger partial charge in [0.15, 0.2) is 0 Å². The number of pyridine rings is 1. The predicted molar refractivity (Wildman–Crippen MR) is 127 cm³/mol. The second kappa shape index (κ2) is 8.75. The molecule has 0 unspecified atom stereocenters. The van der Waals surface area contributed by atoms with E-state index in [9.17, 15) is 4.79 Å². The highest BCUT2D eigenvalue weighted by atomic mass is 16.5. The van der Waals surface area contributed by atoms with Crippen LogP contribution in [0.1, 0.15) is 34.5 Å². The summed E-state index contributed by atoms with van der Waals surface area (Å²) in [5.74, 6) is 0.478. The van der Waals surface area contributed by atoms with Crippen molar-refractivity contribution in [2.45, 2.75) is 26.4 Å². The number of fused-ring (bicyclic) bond motifs is 1. The zero-order valence-electron chi connectivity index (χ0n) is 18.1. The number of nitrogens with one attached hydrogen (secondary N) is 1. The highest BCUT2D eigenvalue weighted by Crippen LogP contribution is 2.27. The van der Waals surface area contributed by atoms with Crippen molar-refractivity contribution in [2.75, 3.05) is 23.3 Å².